The zero-order valence-corrected chi connectivity index (χ0v) is 24.5. The van der Waals surface area contributed by atoms with Gasteiger partial charge in [0.15, 0.2) is 0 Å². The lowest BCUT2D eigenvalue weighted by molar-refractivity contribution is 1.43. The van der Waals surface area contributed by atoms with Crippen molar-refractivity contribution in [1.82, 2.24) is 0 Å². The fraction of sp³-hybridized carbons (Fsp3) is 0. The van der Waals surface area contributed by atoms with Crippen molar-refractivity contribution in [2.45, 2.75) is 0 Å². The van der Waals surface area contributed by atoms with Gasteiger partial charge in [-0.3, -0.25) is 0 Å². The fourth-order valence-corrected chi connectivity index (χ4v) is 6.11. The van der Waals surface area contributed by atoms with Crippen LogP contribution in [0.4, 0.5) is 0 Å². The highest BCUT2D eigenvalue weighted by molar-refractivity contribution is 6.57. The minimum absolute atomic E-state index is 0.117. The van der Waals surface area contributed by atoms with Crippen LogP contribution in [0.15, 0.2) is 48.5 Å². The lowest BCUT2D eigenvalue weighted by Crippen LogP contribution is -1.90. The van der Waals surface area contributed by atoms with E-state index in [1.807, 2.05) is 55.0 Å². The molecule has 4 aromatic rings. The molecule has 0 atom stereocenters. The Morgan fingerprint density at radius 2 is 0.543 bits per heavy atom. The van der Waals surface area contributed by atoms with Crippen LogP contribution in [-0.2, 0) is 0 Å². The summed E-state index contributed by atoms with van der Waals surface area (Å²) in [7, 11) is 0. The summed E-state index contributed by atoms with van der Waals surface area (Å²) in [5.74, 6) is 0. The summed E-state index contributed by atoms with van der Waals surface area (Å²) in [5.41, 5.74) is 4.39. The van der Waals surface area contributed by atoms with Crippen molar-refractivity contribution in [2.75, 3.05) is 0 Å². The number of hydrogen-bond acceptors (Lipinski definition) is 0. The topological polar surface area (TPSA) is 0 Å². The average Bonchev–Trinajstić information content (AvgIpc) is 2.86. The van der Waals surface area contributed by atoms with Crippen LogP contribution in [0.5, 0.6) is 0 Å². The summed E-state index contributed by atoms with van der Waals surface area (Å²) in [6.45, 7) is 0. The maximum absolute atomic E-state index is 6.39. The van der Waals surface area contributed by atoms with Crippen LogP contribution in [-0.4, -0.2) is 0 Å². The van der Waals surface area contributed by atoms with Crippen molar-refractivity contribution < 1.29 is 0 Å². The second-order valence-electron chi connectivity index (χ2n) is 7.28. The predicted molar refractivity (Wildman–Crippen MR) is 156 cm³/mol. The molecule has 0 saturated carbocycles. The predicted octanol–water partition coefficient (Wildman–Crippen LogP) is 13.2. The first kappa shape index (κ1) is 27.8. The lowest BCUT2D eigenvalue weighted by atomic mass is 9.98. The van der Waals surface area contributed by atoms with Crippen LogP contribution >= 0.6 is 116 Å². The normalized spacial score (nSPS) is 11.3. The van der Waals surface area contributed by atoms with E-state index >= 15 is 0 Å². The number of rotatable bonds is 4. The van der Waals surface area contributed by atoms with Crippen LogP contribution in [0.3, 0.4) is 0 Å². The quantitative estimate of drug-likeness (QED) is 0.151. The van der Waals surface area contributed by atoms with Gasteiger partial charge < -0.3 is 0 Å². The molecule has 4 rings (SSSR count). The van der Waals surface area contributed by atoms with E-state index in [2.05, 4.69) is 0 Å². The zero-order chi connectivity index (χ0) is 25.6. The van der Waals surface area contributed by atoms with E-state index in [9.17, 15) is 0 Å². The number of hydrogen-bond donors (Lipinski definition) is 0. The molecule has 35 heavy (non-hydrogen) atoms. The Bertz CT molecular complexity index is 1270. The molecule has 0 saturated heterocycles. The van der Waals surface area contributed by atoms with Gasteiger partial charge in [0.1, 0.15) is 0 Å². The second-order valence-corrected chi connectivity index (χ2v) is 11.1. The standard InChI is InChI=1S/C25H9Cl10/c26-16-14(17(27)21(31)24(34)20(16)30)12-5-1-10(2-6-12)9-11-3-7-13(8-4-11)15-18(28)22(32)25(35)23(33)19(15)29/h1-9H. The maximum atomic E-state index is 6.39. The van der Waals surface area contributed by atoms with E-state index in [1.54, 1.807) is 0 Å². The second kappa shape index (κ2) is 11.3. The van der Waals surface area contributed by atoms with Gasteiger partial charge in [-0.1, -0.05) is 165 Å². The third-order valence-corrected chi connectivity index (χ3v) is 9.71. The molecule has 0 bridgehead atoms. The molecule has 0 amide bonds. The van der Waals surface area contributed by atoms with E-state index in [0.717, 1.165) is 22.3 Å². The SMILES string of the molecule is Clc1c(Cl)c(Cl)c(-c2ccc([CH]c3ccc(-c4c(Cl)c(Cl)c(Cl)c(Cl)c4Cl)cc3)cc2)c(Cl)c1Cl. The summed E-state index contributed by atoms with van der Waals surface area (Å²) >= 11 is 62.5. The maximum Gasteiger partial charge on any atom is 0.0809 e. The van der Waals surface area contributed by atoms with Gasteiger partial charge in [-0.2, -0.15) is 0 Å². The summed E-state index contributed by atoms with van der Waals surface area (Å²) in [6, 6.07) is 15.1. The Kier molecular flexibility index (Phi) is 8.94. The van der Waals surface area contributed by atoms with E-state index in [1.165, 1.54) is 0 Å². The van der Waals surface area contributed by atoms with Crippen LogP contribution in [0, 0.1) is 6.42 Å². The molecule has 0 nitrogen and oxygen atoms in total. The molecule has 4 aromatic carbocycles. The van der Waals surface area contributed by atoms with Crippen molar-refractivity contribution >= 4 is 116 Å². The molecule has 1 radical (unpaired) electrons. The Balaban J connectivity index is 1.60. The van der Waals surface area contributed by atoms with Crippen LogP contribution < -0.4 is 0 Å². The van der Waals surface area contributed by atoms with Gasteiger partial charge in [0.05, 0.1) is 50.2 Å². The van der Waals surface area contributed by atoms with E-state index < -0.39 is 0 Å². The molecular formula is C25H9Cl10. The highest BCUT2D eigenvalue weighted by Crippen LogP contribution is 2.49. The molecule has 0 spiro atoms. The summed E-state index contributed by atoms with van der Waals surface area (Å²) in [5, 5.41) is 1.77. The van der Waals surface area contributed by atoms with Gasteiger partial charge in [0.2, 0.25) is 0 Å². The Morgan fingerprint density at radius 1 is 0.314 bits per heavy atom. The molecule has 0 unspecified atom stereocenters. The number of benzene rings is 4. The molecule has 0 aliphatic heterocycles. The molecule has 0 aromatic heterocycles. The zero-order valence-electron chi connectivity index (χ0n) is 17.0. The molecule has 0 N–H and O–H groups in total. The Morgan fingerprint density at radius 3 is 0.800 bits per heavy atom. The smallest absolute Gasteiger partial charge is 0.0809 e. The summed E-state index contributed by atoms with van der Waals surface area (Å²) in [6.07, 6.45) is 1.99. The largest absolute Gasteiger partial charge is 0.0819 e. The van der Waals surface area contributed by atoms with Gasteiger partial charge in [-0.15, -0.1) is 0 Å². The Labute approximate surface area is 252 Å². The third-order valence-electron chi connectivity index (χ3n) is 5.15. The first-order valence-corrected chi connectivity index (χ1v) is 13.4. The van der Waals surface area contributed by atoms with Gasteiger partial charge >= 0.3 is 0 Å². The number of halogens is 10. The van der Waals surface area contributed by atoms with Crippen LogP contribution in [0.25, 0.3) is 22.3 Å². The molecular weight excluding hydrogens is 655 g/mol. The van der Waals surface area contributed by atoms with E-state index in [0.29, 0.717) is 11.1 Å². The molecule has 179 valence electrons. The van der Waals surface area contributed by atoms with E-state index in [-0.39, 0.29) is 50.2 Å². The Hall–Kier alpha value is -0.220. The van der Waals surface area contributed by atoms with E-state index in [4.69, 9.17) is 116 Å². The fourth-order valence-electron chi connectivity index (χ4n) is 3.40. The van der Waals surface area contributed by atoms with Crippen molar-refractivity contribution in [1.29, 1.82) is 0 Å². The summed E-state index contributed by atoms with van der Waals surface area (Å²) in [4.78, 5) is 0. The van der Waals surface area contributed by atoms with Crippen molar-refractivity contribution in [3.63, 3.8) is 0 Å². The first-order valence-electron chi connectivity index (χ1n) is 9.61. The molecule has 0 heterocycles. The van der Waals surface area contributed by atoms with Gasteiger partial charge in [0.25, 0.3) is 0 Å². The van der Waals surface area contributed by atoms with Gasteiger partial charge in [-0.05, 0) is 22.3 Å². The monoisotopic (exact) mass is 659 g/mol. The lowest BCUT2D eigenvalue weighted by Gasteiger charge is -2.14. The average molecular weight is 664 g/mol. The van der Waals surface area contributed by atoms with Crippen molar-refractivity contribution in [2.24, 2.45) is 0 Å². The minimum Gasteiger partial charge on any atom is -0.0819 e. The minimum atomic E-state index is 0.117. The van der Waals surface area contributed by atoms with Crippen LogP contribution in [0.1, 0.15) is 11.1 Å². The highest BCUT2D eigenvalue weighted by atomic mass is 35.5. The molecule has 0 aliphatic rings. The van der Waals surface area contributed by atoms with Gasteiger partial charge in [0, 0.05) is 17.5 Å². The van der Waals surface area contributed by atoms with Gasteiger partial charge in [-0.25, -0.2) is 0 Å². The highest BCUT2D eigenvalue weighted by Gasteiger charge is 2.21. The molecule has 10 heteroatoms. The first-order chi connectivity index (χ1) is 16.5. The third kappa shape index (κ3) is 5.36. The van der Waals surface area contributed by atoms with Crippen molar-refractivity contribution in [3.8, 4) is 22.3 Å². The molecule has 0 aliphatic carbocycles. The summed E-state index contributed by atoms with van der Waals surface area (Å²) < 4.78 is 0. The van der Waals surface area contributed by atoms with Crippen molar-refractivity contribution in [3.05, 3.63) is 116 Å². The molecule has 0 fully saturated rings. The van der Waals surface area contributed by atoms with Crippen LogP contribution in [0.2, 0.25) is 50.2 Å².